The van der Waals surface area contributed by atoms with Crippen molar-refractivity contribution in [2.75, 3.05) is 11.9 Å². The number of nitrogens with zero attached hydrogens (tertiary/aromatic N) is 2. The Hall–Kier alpha value is -1.40. The molecule has 23 heavy (non-hydrogen) atoms. The Balaban J connectivity index is 2.03. The Kier molecular flexibility index (Phi) is 5.81. The summed E-state index contributed by atoms with van der Waals surface area (Å²) in [5.41, 5.74) is 2.07. The van der Waals surface area contributed by atoms with Crippen LogP contribution >= 0.6 is 23.1 Å². The quantitative estimate of drug-likeness (QED) is 0.608. The molecule has 0 saturated carbocycles. The van der Waals surface area contributed by atoms with Gasteiger partial charge in [0.15, 0.2) is 10.1 Å². The van der Waals surface area contributed by atoms with Crippen LogP contribution in [0.15, 0.2) is 28.6 Å². The van der Waals surface area contributed by atoms with Crippen molar-refractivity contribution >= 4 is 34.0 Å². The molecular formula is C17H23N3OS2. The predicted octanol–water partition coefficient (Wildman–Crippen LogP) is 4.63. The highest BCUT2D eigenvalue weighted by Gasteiger charge is 2.20. The molecule has 1 aromatic heterocycles. The molecule has 1 aromatic carbocycles. The molecule has 6 heteroatoms. The molecule has 0 aliphatic carbocycles. The van der Waals surface area contributed by atoms with Crippen LogP contribution < -0.4 is 5.32 Å². The van der Waals surface area contributed by atoms with Crippen molar-refractivity contribution in [2.24, 2.45) is 0 Å². The van der Waals surface area contributed by atoms with Crippen LogP contribution in [0.1, 0.15) is 50.5 Å². The molecule has 1 heterocycles. The molecule has 0 bridgehead atoms. The van der Waals surface area contributed by atoms with E-state index in [-0.39, 0.29) is 16.4 Å². The molecule has 0 radical (unpaired) electrons. The molecule has 124 valence electrons. The number of nitrogens with one attached hydrogen (secondary N) is 1. The monoisotopic (exact) mass is 349 g/mol. The number of benzene rings is 1. The van der Waals surface area contributed by atoms with E-state index in [1.54, 1.807) is 0 Å². The first-order valence-corrected chi connectivity index (χ1v) is 9.39. The lowest BCUT2D eigenvalue weighted by Gasteiger charge is -2.19. The average molecular weight is 350 g/mol. The summed E-state index contributed by atoms with van der Waals surface area (Å²) in [7, 11) is 0. The number of thioether (sulfide) groups is 1. The van der Waals surface area contributed by atoms with Crippen molar-refractivity contribution in [3.8, 4) is 0 Å². The molecule has 4 nitrogen and oxygen atoms in total. The van der Waals surface area contributed by atoms with Gasteiger partial charge < -0.3 is 5.32 Å². The maximum absolute atomic E-state index is 12.6. The normalized spacial score (nSPS) is 12.9. The largest absolute Gasteiger partial charge is 0.360 e. The summed E-state index contributed by atoms with van der Waals surface area (Å²) >= 11 is 2.94. The van der Waals surface area contributed by atoms with E-state index in [0.29, 0.717) is 0 Å². The van der Waals surface area contributed by atoms with Gasteiger partial charge in [0.25, 0.3) is 0 Å². The minimum Gasteiger partial charge on any atom is -0.360 e. The number of hydrogen-bond donors (Lipinski definition) is 1. The van der Waals surface area contributed by atoms with E-state index < -0.39 is 0 Å². The van der Waals surface area contributed by atoms with E-state index >= 15 is 0 Å². The molecule has 0 amide bonds. The number of anilines is 1. The Morgan fingerprint density at radius 3 is 2.48 bits per heavy atom. The molecule has 0 aliphatic rings. The Labute approximate surface area is 146 Å². The fourth-order valence-electron chi connectivity index (χ4n) is 2.05. The molecular weight excluding hydrogens is 326 g/mol. The van der Waals surface area contributed by atoms with Gasteiger partial charge in [-0.15, -0.1) is 10.2 Å². The van der Waals surface area contributed by atoms with Gasteiger partial charge in [0.2, 0.25) is 5.13 Å². The van der Waals surface area contributed by atoms with Gasteiger partial charge in [-0.25, -0.2) is 0 Å². The first kappa shape index (κ1) is 17.9. The maximum Gasteiger partial charge on any atom is 0.206 e. The number of Topliss-reactive ketones (excluding diaryl/α,β-unsaturated/α-hetero) is 1. The number of ketones is 1. The minimum absolute atomic E-state index is 0.0944. The summed E-state index contributed by atoms with van der Waals surface area (Å²) in [5.74, 6) is 0.121. The molecule has 0 fully saturated rings. The topological polar surface area (TPSA) is 54.9 Å². The maximum atomic E-state index is 12.6. The van der Waals surface area contributed by atoms with Crippen LogP contribution in [0.3, 0.4) is 0 Å². The van der Waals surface area contributed by atoms with Crippen LogP contribution in [0.2, 0.25) is 0 Å². The fraction of sp³-hybridized carbons (Fsp3) is 0.471. The fourth-order valence-corrected chi connectivity index (χ4v) is 4.10. The zero-order valence-corrected chi connectivity index (χ0v) is 15.8. The highest BCUT2D eigenvalue weighted by molar-refractivity contribution is 8.02. The number of rotatable bonds is 6. The van der Waals surface area contributed by atoms with Crippen molar-refractivity contribution in [1.29, 1.82) is 0 Å². The average Bonchev–Trinajstić information content (AvgIpc) is 2.93. The first-order chi connectivity index (χ1) is 10.8. The standard InChI is InChI=1S/C17H23N3OS2/c1-6-18-15-19-20-16(23-15)22-11(2)14(21)12-7-9-13(10-8-12)17(3,4)5/h7-11H,6H2,1-5H3,(H,18,19)/t11-/m0/s1. The number of carbonyl (C=O) groups excluding carboxylic acids is 1. The van der Waals surface area contributed by atoms with Crippen LogP contribution in [0.4, 0.5) is 5.13 Å². The number of carbonyl (C=O) groups is 1. The molecule has 1 N–H and O–H groups in total. The van der Waals surface area contributed by atoms with E-state index in [9.17, 15) is 4.79 Å². The van der Waals surface area contributed by atoms with Crippen LogP contribution in [-0.2, 0) is 5.41 Å². The lowest BCUT2D eigenvalue weighted by atomic mass is 9.86. The number of aromatic nitrogens is 2. The number of hydrogen-bond acceptors (Lipinski definition) is 6. The highest BCUT2D eigenvalue weighted by atomic mass is 32.2. The van der Waals surface area contributed by atoms with E-state index in [2.05, 4.69) is 36.3 Å². The zero-order valence-electron chi connectivity index (χ0n) is 14.2. The second-order valence-electron chi connectivity index (χ2n) is 6.36. The van der Waals surface area contributed by atoms with Gasteiger partial charge in [-0.1, -0.05) is 68.1 Å². The zero-order chi connectivity index (χ0) is 17.0. The Bertz CT molecular complexity index is 659. The second kappa shape index (κ2) is 7.45. The van der Waals surface area contributed by atoms with E-state index in [1.165, 1.54) is 28.7 Å². The van der Waals surface area contributed by atoms with Crippen molar-refractivity contribution in [3.63, 3.8) is 0 Å². The summed E-state index contributed by atoms with van der Waals surface area (Å²) < 4.78 is 0.813. The van der Waals surface area contributed by atoms with Gasteiger partial charge in [-0.05, 0) is 24.8 Å². The van der Waals surface area contributed by atoms with Gasteiger partial charge in [0, 0.05) is 12.1 Å². The van der Waals surface area contributed by atoms with Crippen LogP contribution in [-0.4, -0.2) is 27.8 Å². The van der Waals surface area contributed by atoms with E-state index in [4.69, 9.17) is 0 Å². The Morgan fingerprint density at radius 2 is 1.91 bits per heavy atom. The molecule has 2 aromatic rings. The minimum atomic E-state index is -0.182. The van der Waals surface area contributed by atoms with Gasteiger partial charge in [0.1, 0.15) is 0 Å². The lowest BCUT2D eigenvalue weighted by molar-refractivity contribution is 0.0994. The third-order valence-electron chi connectivity index (χ3n) is 3.42. The van der Waals surface area contributed by atoms with Crippen molar-refractivity contribution < 1.29 is 4.79 Å². The van der Waals surface area contributed by atoms with Crippen molar-refractivity contribution in [2.45, 2.75) is 49.6 Å². The van der Waals surface area contributed by atoms with Gasteiger partial charge in [-0.3, -0.25) is 4.79 Å². The molecule has 2 rings (SSSR count). The highest BCUT2D eigenvalue weighted by Crippen LogP contribution is 2.30. The molecule has 0 spiro atoms. The molecule has 1 atom stereocenters. The van der Waals surface area contributed by atoms with Gasteiger partial charge in [0.05, 0.1) is 5.25 Å². The smallest absolute Gasteiger partial charge is 0.206 e. The van der Waals surface area contributed by atoms with Gasteiger partial charge in [-0.2, -0.15) is 0 Å². The summed E-state index contributed by atoms with van der Waals surface area (Å²) in [6.45, 7) is 11.2. The van der Waals surface area contributed by atoms with Crippen LogP contribution in [0.25, 0.3) is 0 Å². The van der Waals surface area contributed by atoms with Crippen molar-refractivity contribution in [3.05, 3.63) is 35.4 Å². The molecule has 0 aliphatic heterocycles. The molecule has 0 saturated heterocycles. The van der Waals surface area contributed by atoms with Crippen molar-refractivity contribution in [1.82, 2.24) is 10.2 Å². The third-order valence-corrected chi connectivity index (χ3v) is 5.48. The second-order valence-corrected chi connectivity index (χ2v) is 8.92. The van der Waals surface area contributed by atoms with E-state index in [1.807, 2.05) is 38.1 Å². The molecule has 0 unspecified atom stereocenters. The summed E-state index contributed by atoms with van der Waals surface area (Å²) in [5, 5.41) is 11.9. The van der Waals surface area contributed by atoms with Crippen LogP contribution in [0.5, 0.6) is 0 Å². The summed E-state index contributed by atoms with van der Waals surface area (Å²) in [4.78, 5) is 12.6. The Morgan fingerprint density at radius 1 is 1.26 bits per heavy atom. The van der Waals surface area contributed by atoms with Gasteiger partial charge >= 0.3 is 0 Å². The lowest BCUT2D eigenvalue weighted by Crippen LogP contribution is -2.15. The summed E-state index contributed by atoms with van der Waals surface area (Å²) in [6.07, 6.45) is 0. The first-order valence-electron chi connectivity index (χ1n) is 7.70. The third kappa shape index (κ3) is 4.78. The summed E-state index contributed by atoms with van der Waals surface area (Å²) in [6, 6.07) is 7.92. The van der Waals surface area contributed by atoms with Crippen LogP contribution in [0, 0.1) is 0 Å². The predicted molar refractivity (Wildman–Crippen MR) is 98.9 cm³/mol. The van der Waals surface area contributed by atoms with E-state index in [0.717, 1.165) is 21.6 Å². The SMILES string of the molecule is CCNc1nnc(S[C@@H](C)C(=O)c2ccc(C(C)(C)C)cc2)s1.